The van der Waals surface area contributed by atoms with Crippen molar-refractivity contribution in [3.05, 3.63) is 35.4 Å². The van der Waals surface area contributed by atoms with Crippen LogP contribution in [0, 0.1) is 5.92 Å². The smallest absolute Gasteiger partial charge is 0.309 e. The van der Waals surface area contributed by atoms with Gasteiger partial charge in [0.25, 0.3) is 0 Å². The van der Waals surface area contributed by atoms with Gasteiger partial charge in [-0.1, -0.05) is 24.3 Å². The molecule has 1 fully saturated rings. The molecule has 0 radical (unpaired) electrons. The van der Waals surface area contributed by atoms with Crippen molar-refractivity contribution >= 4 is 11.8 Å². The van der Waals surface area contributed by atoms with E-state index in [9.17, 15) is 9.59 Å². The average Bonchev–Trinajstić information content (AvgIpc) is 2.49. The van der Waals surface area contributed by atoms with E-state index in [0.29, 0.717) is 6.42 Å². The van der Waals surface area contributed by atoms with Crippen LogP contribution < -0.4 is 0 Å². The average molecular weight is 289 g/mol. The van der Waals surface area contributed by atoms with Crippen molar-refractivity contribution in [3.63, 3.8) is 0 Å². The van der Waals surface area contributed by atoms with E-state index >= 15 is 0 Å². The van der Waals surface area contributed by atoms with Crippen LogP contribution >= 0.6 is 0 Å². The summed E-state index contributed by atoms with van der Waals surface area (Å²) in [5.41, 5.74) is 2.15. The Morgan fingerprint density at radius 1 is 1.29 bits per heavy atom. The van der Waals surface area contributed by atoms with Gasteiger partial charge in [0.2, 0.25) is 0 Å². The Morgan fingerprint density at radius 3 is 2.67 bits per heavy atom. The molecule has 21 heavy (non-hydrogen) atoms. The number of Topliss-reactive ketones (excluding diaryl/α,β-unsaturated/α-hetero) is 1. The number of benzene rings is 1. The van der Waals surface area contributed by atoms with Crippen LogP contribution in [0.15, 0.2) is 24.3 Å². The van der Waals surface area contributed by atoms with Gasteiger partial charge in [0.15, 0.2) is 0 Å². The van der Waals surface area contributed by atoms with Crippen LogP contribution in [0.2, 0.25) is 0 Å². The Kier molecular flexibility index (Phi) is 5.51. The summed E-state index contributed by atoms with van der Waals surface area (Å²) >= 11 is 0. The summed E-state index contributed by atoms with van der Waals surface area (Å²) < 4.78 is 4.75. The summed E-state index contributed by atoms with van der Waals surface area (Å²) in [6, 6.07) is 7.95. The molecule has 0 bridgehead atoms. The number of rotatable bonds is 5. The molecule has 1 aliphatic heterocycles. The number of likely N-dealkylation sites (tertiary alicyclic amines) is 1. The second-order valence-corrected chi connectivity index (χ2v) is 5.71. The van der Waals surface area contributed by atoms with Gasteiger partial charge in [0.1, 0.15) is 5.78 Å². The summed E-state index contributed by atoms with van der Waals surface area (Å²) in [7, 11) is 1.41. The van der Waals surface area contributed by atoms with Crippen molar-refractivity contribution in [2.45, 2.75) is 32.7 Å². The number of hydrogen-bond donors (Lipinski definition) is 0. The van der Waals surface area contributed by atoms with Crippen LogP contribution in [0.3, 0.4) is 0 Å². The number of methoxy groups -OCH3 is 1. The van der Waals surface area contributed by atoms with Crippen LogP contribution in [0.4, 0.5) is 0 Å². The Hall–Kier alpha value is -1.68. The van der Waals surface area contributed by atoms with Gasteiger partial charge in [-0.3, -0.25) is 14.5 Å². The minimum absolute atomic E-state index is 0.159. The van der Waals surface area contributed by atoms with Gasteiger partial charge in [-0.2, -0.15) is 0 Å². The Bertz CT molecular complexity index is 513. The van der Waals surface area contributed by atoms with E-state index in [4.69, 9.17) is 4.74 Å². The fourth-order valence-electron chi connectivity index (χ4n) is 2.88. The molecule has 1 aromatic carbocycles. The number of ketones is 1. The number of esters is 1. The van der Waals surface area contributed by atoms with Gasteiger partial charge in [-0.15, -0.1) is 0 Å². The zero-order valence-electron chi connectivity index (χ0n) is 12.8. The first-order valence-electron chi connectivity index (χ1n) is 7.46. The van der Waals surface area contributed by atoms with Crippen molar-refractivity contribution in [1.82, 2.24) is 4.90 Å². The Morgan fingerprint density at radius 2 is 2.00 bits per heavy atom. The van der Waals surface area contributed by atoms with Gasteiger partial charge in [0.05, 0.1) is 13.5 Å². The third kappa shape index (κ3) is 4.39. The van der Waals surface area contributed by atoms with E-state index in [-0.39, 0.29) is 17.7 Å². The predicted octanol–water partition coefficient (Wildman–Crippen LogP) is 2.20. The lowest BCUT2D eigenvalue weighted by Crippen LogP contribution is -2.37. The zero-order chi connectivity index (χ0) is 15.2. The summed E-state index contributed by atoms with van der Waals surface area (Å²) in [5, 5.41) is 0. The normalized spacial score (nSPS) is 19.2. The topological polar surface area (TPSA) is 46.6 Å². The summed E-state index contributed by atoms with van der Waals surface area (Å²) in [4.78, 5) is 25.4. The van der Waals surface area contributed by atoms with Crippen LogP contribution in [0.1, 0.15) is 30.9 Å². The lowest BCUT2D eigenvalue weighted by atomic mass is 9.94. The van der Waals surface area contributed by atoms with E-state index in [1.54, 1.807) is 6.92 Å². The van der Waals surface area contributed by atoms with E-state index in [1.807, 2.05) is 18.2 Å². The number of carbonyl (C=O) groups is 2. The van der Waals surface area contributed by atoms with Crippen LogP contribution in [-0.2, 0) is 27.3 Å². The lowest BCUT2D eigenvalue weighted by Gasteiger charge is -2.32. The third-order valence-electron chi connectivity index (χ3n) is 4.16. The molecule has 0 N–H and O–H groups in total. The molecule has 1 atom stereocenters. The number of ether oxygens (including phenoxy) is 1. The fraction of sp³-hybridized carbons (Fsp3) is 0.529. The second-order valence-electron chi connectivity index (χ2n) is 5.71. The highest BCUT2D eigenvalue weighted by Gasteiger charge is 2.23. The van der Waals surface area contributed by atoms with Crippen LogP contribution in [-0.4, -0.2) is 36.9 Å². The minimum atomic E-state index is -0.220. The van der Waals surface area contributed by atoms with Crippen molar-refractivity contribution in [2.24, 2.45) is 5.92 Å². The molecule has 1 unspecified atom stereocenters. The molecule has 0 aliphatic carbocycles. The van der Waals surface area contributed by atoms with Crippen molar-refractivity contribution < 1.29 is 14.3 Å². The molecule has 4 nitrogen and oxygen atoms in total. The number of carbonyl (C=O) groups excluding carboxylic acids is 2. The molecule has 0 saturated carbocycles. The molecular formula is C17H23NO3. The second kappa shape index (κ2) is 7.36. The standard InChI is InChI=1S/C17H23NO3/c1-13(19)15-8-5-9-18(11-15)12-16-7-4-3-6-14(16)10-17(20)21-2/h3-4,6-7,15H,5,8-12H2,1-2H3. The summed E-state index contributed by atoms with van der Waals surface area (Å²) in [6.07, 6.45) is 2.36. The van der Waals surface area contributed by atoms with Crippen LogP contribution in [0.5, 0.6) is 0 Å². The van der Waals surface area contributed by atoms with Crippen molar-refractivity contribution in [1.29, 1.82) is 0 Å². The van der Waals surface area contributed by atoms with Gasteiger partial charge >= 0.3 is 5.97 Å². The van der Waals surface area contributed by atoms with E-state index in [2.05, 4.69) is 11.0 Å². The molecule has 1 saturated heterocycles. The Balaban J connectivity index is 2.05. The van der Waals surface area contributed by atoms with Gasteiger partial charge < -0.3 is 4.74 Å². The molecular weight excluding hydrogens is 266 g/mol. The molecule has 2 rings (SSSR count). The van der Waals surface area contributed by atoms with Gasteiger partial charge in [0, 0.05) is 19.0 Å². The SMILES string of the molecule is COC(=O)Cc1ccccc1CN1CCCC(C(C)=O)C1. The summed E-state index contributed by atoms with van der Waals surface area (Å²) in [5.74, 6) is 0.219. The molecule has 0 spiro atoms. The molecule has 1 heterocycles. The first-order valence-corrected chi connectivity index (χ1v) is 7.46. The number of nitrogens with zero attached hydrogens (tertiary/aromatic N) is 1. The fourth-order valence-corrected chi connectivity index (χ4v) is 2.88. The first kappa shape index (κ1) is 15.7. The highest BCUT2D eigenvalue weighted by molar-refractivity contribution is 5.78. The van der Waals surface area contributed by atoms with E-state index in [0.717, 1.165) is 43.6 Å². The maximum absolute atomic E-state index is 11.6. The molecule has 4 heteroatoms. The minimum Gasteiger partial charge on any atom is -0.469 e. The quantitative estimate of drug-likeness (QED) is 0.780. The predicted molar refractivity (Wildman–Crippen MR) is 80.8 cm³/mol. The van der Waals surface area contributed by atoms with E-state index < -0.39 is 0 Å². The lowest BCUT2D eigenvalue weighted by molar-refractivity contribution is -0.139. The van der Waals surface area contributed by atoms with Gasteiger partial charge in [-0.05, 0) is 37.4 Å². The number of piperidine rings is 1. The van der Waals surface area contributed by atoms with Crippen molar-refractivity contribution in [2.75, 3.05) is 20.2 Å². The van der Waals surface area contributed by atoms with E-state index in [1.165, 1.54) is 7.11 Å². The third-order valence-corrected chi connectivity index (χ3v) is 4.16. The van der Waals surface area contributed by atoms with Gasteiger partial charge in [-0.25, -0.2) is 0 Å². The molecule has 1 aromatic rings. The maximum Gasteiger partial charge on any atom is 0.309 e. The number of hydrogen-bond acceptors (Lipinski definition) is 4. The highest BCUT2D eigenvalue weighted by atomic mass is 16.5. The van der Waals surface area contributed by atoms with Crippen molar-refractivity contribution in [3.8, 4) is 0 Å². The van der Waals surface area contributed by atoms with Crippen LogP contribution in [0.25, 0.3) is 0 Å². The zero-order valence-corrected chi connectivity index (χ0v) is 12.8. The molecule has 1 aliphatic rings. The highest BCUT2D eigenvalue weighted by Crippen LogP contribution is 2.21. The Labute approximate surface area is 126 Å². The maximum atomic E-state index is 11.6. The molecule has 114 valence electrons. The molecule has 0 aromatic heterocycles. The summed E-state index contributed by atoms with van der Waals surface area (Å²) in [6.45, 7) is 4.30. The first-order chi connectivity index (χ1) is 10.1. The molecule has 0 amide bonds. The monoisotopic (exact) mass is 289 g/mol. The largest absolute Gasteiger partial charge is 0.469 e.